The van der Waals surface area contributed by atoms with E-state index in [1.807, 2.05) is 19.9 Å². The molecule has 4 N–H and O–H groups in total. The molecule has 1 heterocycles. The van der Waals surface area contributed by atoms with Gasteiger partial charge in [-0.15, -0.1) is 0 Å². The zero-order valence-corrected chi connectivity index (χ0v) is 12.3. The summed E-state index contributed by atoms with van der Waals surface area (Å²) in [5.41, 5.74) is 7.96. The van der Waals surface area contributed by atoms with Crippen molar-refractivity contribution in [2.24, 2.45) is 10.9 Å². The van der Waals surface area contributed by atoms with Gasteiger partial charge in [-0.1, -0.05) is 5.16 Å². The number of ether oxygens (including phenoxy) is 1. The Kier molecular flexibility index (Phi) is 5.72. The number of pyridine rings is 1. The number of anilines is 1. The first-order chi connectivity index (χ1) is 9.40. The van der Waals surface area contributed by atoms with Gasteiger partial charge in [0.15, 0.2) is 5.84 Å². The second-order valence-corrected chi connectivity index (χ2v) is 4.75. The van der Waals surface area contributed by atoms with Crippen LogP contribution in [0.1, 0.15) is 16.8 Å². The van der Waals surface area contributed by atoms with Crippen molar-refractivity contribution in [2.45, 2.75) is 20.0 Å². The molecule has 0 aliphatic heterocycles. The third-order valence-electron chi connectivity index (χ3n) is 2.89. The lowest BCUT2D eigenvalue weighted by Gasteiger charge is -2.24. The normalized spacial score (nSPS) is 13.3. The van der Waals surface area contributed by atoms with E-state index in [0.717, 1.165) is 11.3 Å². The third kappa shape index (κ3) is 3.82. The number of nitrogens with two attached hydrogens (primary N) is 1. The van der Waals surface area contributed by atoms with Crippen LogP contribution in [0.2, 0.25) is 0 Å². The molecule has 0 saturated heterocycles. The monoisotopic (exact) mass is 282 g/mol. The van der Waals surface area contributed by atoms with Crippen molar-refractivity contribution in [2.75, 3.05) is 32.2 Å². The maximum absolute atomic E-state index is 9.80. The molecule has 112 valence electrons. The minimum absolute atomic E-state index is 0.00178. The Morgan fingerprint density at radius 1 is 1.55 bits per heavy atom. The van der Waals surface area contributed by atoms with Crippen LogP contribution in [0.25, 0.3) is 0 Å². The maximum atomic E-state index is 9.80. The van der Waals surface area contributed by atoms with E-state index >= 15 is 0 Å². The Balaban J connectivity index is 3.15. The number of nitrogens with zero attached hydrogens (tertiary/aromatic N) is 3. The number of oxime groups is 1. The van der Waals surface area contributed by atoms with Crippen LogP contribution in [0.4, 0.5) is 5.82 Å². The van der Waals surface area contributed by atoms with Gasteiger partial charge in [-0.25, -0.2) is 4.98 Å². The Labute approximate surface area is 118 Å². The standard InChI is InChI=1S/C13H22N4O3/c1-8-5-9(2)15-13(11(8)12(14)16-19)17(3)6-10(18)7-20-4/h5,10,18-19H,6-7H2,1-4H3,(H2,14,16). The van der Waals surface area contributed by atoms with Crippen molar-refractivity contribution < 1.29 is 15.1 Å². The summed E-state index contributed by atoms with van der Waals surface area (Å²) in [4.78, 5) is 6.18. The SMILES string of the molecule is COCC(O)CN(C)c1nc(C)cc(C)c1C(N)=NO. The van der Waals surface area contributed by atoms with Gasteiger partial charge in [0, 0.05) is 26.4 Å². The number of likely N-dealkylation sites (N-methyl/N-ethyl adjacent to an activating group) is 1. The summed E-state index contributed by atoms with van der Waals surface area (Å²) in [5.74, 6) is 0.561. The topological polar surface area (TPSA) is 104 Å². The van der Waals surface area contributed by atoms with Crippen molar-refractivity contribution >= 4 is 11.7 Å². The van der Waals surface area contributed by atoms with Gasteiger partial charge < -0.3 is 25.7 Å². The van der Waals surface area contributed by atoms with E-state index in [1.54, 1.807) is 11.9 Å². The smallest absolute Gasteiger partial charge is 0.174 e. The lowest BCUT2D eigenvalue weighted by atomic mass is 10.1. The number of hydrogen-bond acceptors (Lipinski definition) is 6. The number of aromatic nitrogens is 1. The molecule has 1 rings (SSSR count). The third-order valence-corrected chi connectivity index (χ3v) is 2.89. The summed E-state index contributed by atoms with van der Waals surface area (Å²) in [6.45, 7) is 4.29. The molecule has 0 saturated carbocycles. The van der Waals surface area contributed by atoms with Gasteiger partial charge in [0.25, 0.3) is 0 Å². The second-order valence-electron chi connectivity index (χ2n) is 4.75. The highest BCUT2D eigenvalue weighted by Gasteiger charge is 2.18. The number of aliphatic hydroxyl groups excluding tert-OH is 1. The molecule has 1 unspecified atom stereocenters. The van der Waals surface area contributed by atoms with E-state index in [1.165, 1.54) is 7.11 Å². The molecule has 7 heteroatoms. The Hall–Kier alpha value is -1.86. The van der Waals surface area contributed by atoms with E-state index in [2.05, 4.69) is 10.1 Å². The first-order valence-corrected chi connectivity index (χ1v) is 6.25. The molecule has 20 heavy (non-hydrogen) atoms. The molecule has 0 radical (unpaired) electrons. The van der Waals surface area contributed by atoms with Crippen LogP contribution in [0.5, 0.6) is 0 Å². The highest BCUT2D eigenvalue weighted by atomic mass is 16.5. The Bertz CT molecular complexity index is 491. The zero-order chi connectivity index (χ0) is 15.3. The van der Waals surface area contributed by atoms with Crippen molar-refractivity contribution in [1.29, 1.82) is 0 Å². The second kappa shape index (κ2) is 7.06. The molecule has 7 nitrogen and oxygen atoms in total. The average molecular weight is 282 g/mol. The predicted molar refractivity (Wildman–Crippen MR) is 77.4 cm³/mol. The zero-order valence-electron chi connectivity index (χ0n) is 12.3. The van der Waals surface area contributed by atoms with Crippen molar-refractivity contribution in [3.05, 3.63) is 22.9 Å². The fourth-order valence-corrected chi connectivity index (χ4v) is 2.11. The summed E-state index contributed by atoms with van der Waals surface area (Å²) in [6, 6.07) is 1.86. The largest absolute Gasteiger partial charge is 0.409 e. The van der Waals surface area contributed by atoms with Crippen molar-refractivity contribution in [3.63, 3.8) is 0 Å². The van der Waals surface area contributed by atoms with Crippen LogP contribution in [0, 0.1) is 13.8 Å². The lowest BCUT2D eigenvalue weighted by Crippen LogP contribution is -2.34. The van der Waals surface area contributed by atoms with Gasteiger partial charge >= 0.3 is 0 Å². The van der Waals surface area contributed by atoms with Crippen LogP contribution in [0.3, 0.4) is 0 Å². The fraction of sp³-hybridized carbons (Fsp3) is 0.538. The molecule has 0 fully saturated rings. The molecular formula is C13H22N4O3. The first-order valence-electron chi connectivity index (χ1n) is 6.25. The van der Waals surface area contributed by atoms with Crippen LogP contribution >= 0.6 is 0 Å². The number of aryl methyl sites for hydroxylation is 2. The molecule has 0 bridgehead atoms. The van der Waals surface area contributed by atoms with E-state index in [4.69, 9.17) is 15.7 Å². The minimum atomic E-state index is -0.646. The summed E-state index contributed by atoms with van der Waals surface area (Å²) < 4.78 is 4.90. The van der Waals surface area contributed by atoms with Gasteiger partial charge in [-0.2, -0.15) is 0 Å². The number of amidine groups is 1. The minimum Gasteiger partial charge on any atom is -0.409 e. The van der Waals surface area contributed by atoms with E-state index in [9.17, 15) is 5.11 Å². The van der Waals surface area contributed by atoms with Crippen LogP contribution < -0.4 is 10.6 Å². The molecule has 1 aromatic rings. The molecule has 0 aliphatic carbocycles. The van der Waals surface area contributed by atoms with Crippen LogP contribution in [0.15, 0.2) is 11.2 Å². The molecular weight excluding hydrogens is 260 g/mol. The highest BCUT2D eigenvalue weighted by molar-refractivity contribution is 6.02. The molecule has 0 amide bonds. The van der Waals surface area contributed by atoms with Crippen molar-refractivity contribution in [3.8, 4) is 0 Å². The van der Waals surface area contributed by atoms with Crippen molar-refractivity contribution in [1.82, 2.24) is 4.98 Å². The number of rotatable bonds is 6. The Morgan fingerprint density at radius 3 is 2.75 bits per heavy atom. The molecule has 1 atom stereocenters. The van der Waals surface area contributed by atoms with Crippen LogP contribution in [-0.2, 0) is 4.74 Å². The quantitative estimate of drug-likeness (QED) is 0.299. The summed E-state index contributed by atoms with van der Waals surface area (Å²) >= 11 is 0. The highest BCUT2D eigenvalue weighted by Crippen LogP contribution is 2.21. The number of hydrogen-bond donors (Lipinski definition) is 3. The number of aliphatic hydroxyl groups is 1. The summed E-state index contributed by atoms with van der Waals surface area (Å²) in [6.07, 6.45) is -0.646. The molecule has 0 aliphatic rings. The molecule has 0 aromatic carbocycles. The van der Waals surface area contributed by atoms with E-state index in [0.29, 0.717) is 17.9 Å². The Morgan fingerprint density at radius 2 is 2.20 bits per heavy atom. The van der Waals surface area contributed by atoms with Gasteiger partial charge in [-0.3, -0.25) is 0 Å². The predicted octanol–water partition coefficient (Wildman–Crippen LogP) is 0.236. The molecule has 0 spiro atoms. The van der Waals surface area contributed by atoms with Gasteiger partial charge in [0.2, 0.25) is 0 Å². The first kappa shape index (κ1) is 16.2. The average Bonchev–Trinajstić information content (AvgIpc) is 2.37. The lowest BCUT2D eigenvalue weighted by molar-refractivity contribution is 0.0694. The van der Waals surface area contributed by atoms with Gasteiger partial charge in [-0.05, 0) is 25.5 Å². The summed E-state index contributed by atoms with van der Waals surface area (Å²) in [7, 11) is 3.31. The fourth-order valence-electron chi connectivity index (χ4n) is 2.11. The van der Waals surface area contributed by atoms with E-state index < -0.39 is 6.10 Å². The van der Waals surface area contributed by atoms with E-state index in [-0.39, 0.29) is 12.4 Å². The van der Waals surface area contributed by atoms with Crippen LogP contribution in [-0.4, -0.2) is 54.5 Å². The maximum Gasteiger partial charge on any atom is 0.174 e. The molecule has 1 aromatic heterocycles. The summed E-state index contributed by atoms with van der Waals surface area (Å²) in [5, 5.41) is 21.8. The van der Waals surface area contributed by atoms with Gasteiger partial charge in [0.05, 0.1) is 18.3 Å². The van der Waals surface area contributed by atoms with Gasteiger partial charge in [0.1, 0.15) is 5.82 Å². The number of methoxy groups -OCH3 is 1.